The minimum Gasteiger partial charge on any atom is -0.350 e. The molecule has 0 atom stereocenters. The van der Waals surface area contributed by atoms with Crippen molar-refractivity contribution >= 4 is 21.8 Å². The van der Waals surface area contributed by atoms with E-state index < -0.39 is 0 Å². The number of nitrogens with zero attached hydrogens (tertiary/aromatic N) is 5. The van der Waals surface area contributed by atoms with Crippen LogP contribution in [0.2, 0.25) is 0 Å². The fraction of sp³-hybridized carbons (Fsp3) is 0.417. The van der Waals surface area contributed by atoms with Gasteiger partial charge in [0.05, 0.1) is 17.8 Å². The average molecular weight is 337 g/mol. The van der Waals surface area contributed by atoms with E-state index in [-0.39, 0.29) is 5.91 Å². The van der Waals surface area contributed by atoms with Crippen molar-refractivity contribution < 1.29 is 4.79 Å². The third-order valence-electron chi connectivity index (χ3n) is 3.11. The number of aromatic nitrogens is 5. The molecule has 2 aromatic heterocycles. The molecule has 3 rings (SSSR count). The van der Waals surface area contributed by atoms with Gasteiger partial charge in [0.2, 0.25) is 0 Å². The number of hydrogen-bond donors (Lipinski definition) is 1. The number of amides is 1. The van der Waals surface area contributed by atoms with Crippen LogP contribution in [0.3, 0.4) is 0 Å². The molecule has 0 spiro atoms. The molecule has 1 N–H and O–H groups in total. The molecule has 0 aliphatic heterocycles. The van der Waals surface area contributed by atoms with Crippen molar-refractivity contribution in [1.29, 1.82) is 0 Å². The second-order valence-corrected chi connectivity index (χ2v) is 5.61. The van der Waals surface area contributed by atoms with Gasteiger partial charge in [-0.2, -0.15) is 0 Å². The number of carbonyl (C=O) groups excluding carboxylic acids is 1. The number of pyridine rings is 1. The Morgan fingerprint density at radius 3 is 3.05 bits per heavy atom. The fourth-order valence-electron chi connectivity index (χ4n) is 1.98. The molecule has 0 bridgehead atoms. The largest absolute Gasteiger partial charge is 0.350 e. The second-order valence-electron chi connectivity index (χ2n) is 4.69. The molecule has 20 heavy (non-hydrogen) atoms. The first-order chi connectivity index (χ1) is 9.74. The number of hydrogen-bond acceptors (Lipinski definition) is 5. The molecule has 1 amide bonds. The van der Waals surface area contributed by atoms with Gasteiger partial charge in [0.25, 0.3) is 5.91 Å². The summed E-state index contributed by atoms with van der Waals surface area (Å²) >= 11 is 3.36. The van der Waals surface area contributed by atoms with Crippen LogP contribution in [0.4, 0.5) is 0 Å². The van der Waals surface area contributed by atoms with Crippen molar-refractivity contribution in [3.8, 4) is 0 Å². The van der Waals surface area contributed by atoms with Crippen molar-refractivity contribution in [2.24, 2.45) is 0 Å². The van der Waals surface area contributed by atoms with E-state index in [0.29, 0.717) is 24.6 Å². The van der Waals surface area contributed by atoms with E-state index in [4.69, 9.17) is 0 Å². The third-order valence-corrected chi connectivity index (χ3v) is 3.55. The SMILES string of the molecule is O=C(NCCn1cnnn1)c1cc(Br)cnc1C1CC1. The van der Waals surface area contributed by atoms with Crippen molar-refractivity contribution in [3.63, 3.8) is 0 Å². The molecule has 0 aromatic carbocycles. The first kappa shape index (κ1) is 13.2. The predicted molar refractivity (Wildman–Crippen MR) is 74.1 cm³/mol. The molecule has 0 saturated heterocycles. The smallest absolute Gasteiger partial charge is 0.253 e. The van der Waals surface area contributed by atoms with Gasteiger partial charge < -0.3 is 5.32 Å². The number of carbonyl (C=O) groups is 1. The maximum Gasteiger partial charge on any atom is 0.253 e. The van der Waals surface area contributed by atoms with Crippen LogP contribution in [0.1, 0.15) is 34.8 Å². The number of halogens is 1. The second kappa shape index (κ2) is 5.66. The Bertz CT molecular complexity index is 610. The maximum atomic E-state index is 12.2. The van der Waals surface area contributed by atoms with Crippen molar-refractivity contribution in [3.05, 3.63) is 34.3 Å². The minimum atomic E-state index is -0.103. The van der Waals surface area contributed by atoms with Gasteiger partial charge in [-0.05, 0) is 45.3 Å². The Labute approximate surface area is 123 Å². The molecule has 0 unspecified atom stereocenters. The zero-order chi connectivity index (χ0) is 13.9. The van der Waals surface area contributed by atoms with E-state index in [1.807, 2.05) is 6.07 Å². The third kappa shape index (κ3) is 3.01. The van der Waals surface area contributed by atoms with E-state index in [2.05, 4.69) is 41.8 Å². The summed E-state index contributed by atoms with van der Waals surface area (Å²) < 4.78 is 2.38. The Hall–Kier alpha value is -1.83. The number of rotatable bonds is 5. The van der Waals surface area contributed by atoms with Crippen LogP contribution in [-0.4, -0.2) is 37.6 Å². The summed E-state index contributed by atoms with van der Waals surface area (Å²) in [5.74, 6) is 0.331. The van der Waals surface area contributed by atoms with Crippen LogP contribution >= 0.6 is 15.9 Å². The van der Waals surface area contributed by atoms with E-state index >= 15 is 0 Å². The highest BCUT2D eigenvalue weighted by Crippen LogP contribution is 2.40. The lowest BCUT2D eigenvalue weighted by molar-refractivity contribution is 0.0950. The van der Waals surface area contributed by atoms with Gasteiger partial charge in [-0.3, -0.25) is 9.78 Å². The molecule has 1 fully saturated rings. The molecule has 1 saturated carbocycles. The molecular weight excluding hydrogens is 324 g/mol. The summed E-state index contributed by atoms with van der Waals surface area (Å²) in [7, 11) is 0. The minimum absolute atomic E-state index is 0.103. The Balaban J connectivity index is 1.65. The van der Waals surface area contributed by atoms with Crippen LogP contribution in [0.15, 0.2) is 23.1 Å². The van der Waals surface area contributed by atoms with Crippen LogP contribution in [0.5, 0.6) is 0 Å². The first-order valence-electron chi connectivity index (χ1n) is 6.38. The quantitative estimate of drug-likeness (QED) is 0.884. The number of nitrogens with one attached hydrogen (secondary N) is 1. The summed E-state index contributed by atoms with van der Waals surface area (Å²) in [5.41, 5.74) is 1.55. The Morgan fingerprint density at radius 1 is 1.50 bits per heavy atom. The number of tetrazole rings is 1. The van der Waals surface area contributed by atoms with Crippen LogP contribution in [-0.2, 0) is 6.54 Å². The monoisotopic (exact) mass is 336 g/mol. The predicted octanol–water partition coefficient (Wildman–Crippen LogP) is 1.14. The highest BCUT2D eigenvalue weighted by atomic mass is 79.9. The molecule has 8 heteroatoms. The zero-order valence-electron chi connectivity index (χ0n) is 10.7. The van der Waals surface area contributed by atoms with Crippen LogP contribution in [0, 0.1) is 0 Å². The molecule has 1 aliphatic carbocycles. The standard InChI is InChI=1S/C12H13BrN6O/c13-9-5-10(11(15-6-9)8-1-2-8)12(20)14-3-4-19-7-16-17-18-19/h5-8H,1-4H2,(H,14,20). The highest BCUT2D eigenvalue weighted by molar-refractivity contribution is 9.10. The molecule has 2 aromatic rings. The van der Waals surface area contributed by atoms with Gasteiger partial charge in [-0.15, -0.1) is 5.10 Å². The highest BCUT2D eigenvalue weighted by Gasteiger charge is 2.29. The van der Waals surface area contributed by atoms with Gasteiger partial charge in [0.1, 0.15) is 6.33 Å². The van der Waals surface area contributed by atoms with Gasteiger partial charge in [-0.1, -0.05) is 0 Å². The van der Waals surface area contributed by atoms with Crippen LogP contribution in [0.25, 0.3) is 0 Å². The summed E-state index contributed by atoms with van der Waals surface area (Å²) in [5, 5.41) is 13.7. The summed E-state index contributed by atoms with van der Waals surface area (Å²) in [6.45, 7) is 1.01. The Morgan fingerprint density at radius 2 is 2.35 bits per heavy atom. The zero-order valence-corrected chi connectivity index (χ0v) is 12.2. The fourth-order valence-corrected chi connectivity index (χ4v) is 2.31. The normalized spacial score (nSPS) is 14.2. The molecular formula is C12H13BrN6O. The van der Waals surface area contributed by atoms with Crippen molar-refractivity contribution in [1.82, 2.24) is 30.5 Å². The van der Waals surface area contributed by atoms with Crippen molar-refractivity contribution in [2.45, 2.75) is 25.3 Å². The summed E-state index contributed by atoms with van der Waals surface area (Å²) in [6, 6.07) is 1.83. The summed E-state index contributed by atoms with van der Waals surface area (Å²) in [4.78, 5) is 16.6. The molecule has 104 valence electrons. The van der Waals surface area contributed by atoms with Gasteiger partial charge in [0, 0.05) is 23.1 Å². The Kier molecular flexibility index (Phi) is 3.72. The maximum absolute atomic E-state index is 12.2. The van der Waals surface area contributed by atoms with E-state index in [1.165, 1.54) is 6.33 Å². The molecule has 2 heterocycles. The molecule has 1 aliphatic rings. The van der Waals surface area contributed by atoms with Crippen molar-refractivity contribution in [2.75, 3.05) is 6.54 Å². The molecule has 7 nitrogen and oxygen atoms in total. The van der Waals surface area contributed by atoms with E-state index in [0.717, 1.165) is 23.0 Å². The molecule has 0 radical (unpaired) electrons. The topological polar surface area (TPSA) is 85.6 Å². The van der Waals surface area contributed by atoms with E-state index in [9.17, 15) is 4.79 Å². The van der Waals surface area contributed by atoms with Gasteiger partial charge in [-0.25, -0.2) is 4.68 Å². The summed E-state index contributed by atoms with van der Waals surface area (Å²) in [6.07, 6.45) is 5.48. The lowest BCUT2D eigenvalue weighted by atomic mass is 10.1. The van der Waals surface area contributed by atoms with Gasteiger partial charge >= 0.3 is 0 Å². The first-order valence-corrected chi connectivity index (χ1v) is 7.18. The van der Waals surface area contributed by atoms with Crippen LogP contribution < -0.4 is 5.32 Å². The lowest BCUT2D eigenvalue weighted by Crippen LogP contribution is -2.28. The van der Waals surface area contributed by atoms with E-state index in [1.54, 1.807) is 10.9 Å². The average Bonchev–Trinajstić information content (AvgIpc) is 3.15. The van der Waals surface area contributed by atoms with Gasteiger partial charge in [0.15, 0.2) is 0 Å². The lowest BCUT2D eigenvalue weighted by Gasteiger charge is -2.09.